The van der Waals surface area contributed by atoms with E-state index in [0.717, 1.165) is 5.92 Å². The van der Waals surface area contributed by atoms with E-state index in [-0.39, 0.29) is 0 Å². The van der Waals surface area contributed by atoms with Crippen molar-refractivity contribution in [1.82, 2.24) is 0 Å². The van der Waals surface area contributed by atoms with Gasteiger partial charge < -0.3 is 0 Å². The first kappa shape index (κ1) is 19.3. The van der Waals surface area contributed by atoms with E-state index >= 15 is 0 Å². The zero-order valence-electron chi connectivity index (χ0n) is 15.2. The lowest BCUT2D eigenvalue weighted by Gasteiger charge is -2.11. The quantitative estimate of drug-likeness (QED) is 0.306. The zero-order valence-corrected chi connectivity index (χ0v) is 15.2. The maximum absolute atomic E-state index is 2.37. The molecule has 0 aliphatic rings. The molecule has 0 heteroatoms. The van der Waals surface area contributed by atoms with Crippen molar-refractivity contribution in [3.63, 3.8) is 0 Å². The molecule has 0 saturated carbocycles. The van der Waals surface area contributed by atoms with Gasteiger partial charge in [0.05, 0.1) is 0 Å². The number of hydrogen-bond acceptors (Lipinski definition) is 0. The molecule has 0 saturated heterocycles. The van der Waals surface area contributed by atoms with Gasteiger partial charge in [0.25, 0.3) is 0 Å². The second-order valence-corrected chi connectivity index (χ2v) is 6.99. The van der Waals surface area contributed by atoms with Crippen LogP contribution in [0.15, 0.2) is 30.3 Å². The first-order chi connectivity index (χ1) is 10.8. The minimum atomic E-state index is 0.726. The van der Waals surface area contributed by atoms with E-state index in [1.165, 1.54) is 89.0 Å². The van der Waals surface area contributed by atoms with Gasteiger partial charge in [0.15, 0.2) is 0 Å². The number of hydrogen-bond donors (Lipinski definition) is 0. The third-order valence-corrected chi connectivity index (χ3v) is 4.86. The van der Waals surface area contributed by atoms with Crippen molar-refractivity contribution in [3.05, 3.63) is 35.9 Å². The fraction of sp³-hybridized carbons (Fsp3) is 0.727. The molecule has 0 spiro atoms. The maximum Gasteiger partial charge on any atom is -0.0190 e. The molecular weight excluding hydrogens is 264 g/mol. The Labute approximate surface area is 139 Å². The van der Waals surface area contributed by atoms with Crippen molar-refractivity contribution in [3.8, 4) is 0 Å². The molecule has 0 N–H and O–H groups in total. The Kier molecular flexibility index (Phi) is 12.1. The second kappa shape index (κ2) is 13.9. The van der Waals surface area contributed by atoms with Crippen molar-refractivity contribution in [2.75, 3.05) is 0 Å². The van der Waals surface area contributed by atoms with Crippen molar-refractivity contribution in [2.45, 2.75) is 103 Å². The number of rotatable bonds is 14. The fourth-order valence-electron chi connectivity index (χ4n) is 3.24. The molecule has 0 aromatic heterocycles. The third-order valence-electron chi connectivity index (χ3n) is 4.86. The van der Waals surface area contributed by atoms with Crippen LogP contribution < -0.4 is 0 Å². The van der Waals surface area contributed by atoms with Crippen LogP contribution in [0.5, 0.6) is 0 Å². The normalized spacial score (nSPS) is 12.5. The smallest absolute Gasteiger partial charge is 0.0190 e. The Hall–Kier alpha value is -0.780. The summed E-state index contributed by atoms with van der Waals surface area (Å²) in [7, 11) is 0. The van der Waals surface area contributed by atoms with Crippen molar-refractivity contribution < 1.29 is 0 Å². The molecule has 1 unspecified atom stereocenters. The van der Waals surface area contributed by atoms with Crippen LogP contribution in [0, 0.1) is 0 Å². The first-order valence-corrected chi connectivity index (χ1v) is 9.89. The molecule has 1 atom stereocenters. The van der Waals surface area contributed by atoms with Crippen LogP contribution in [0.4, 0.5) is 0 Å². The molecule has 22 heavy (non-hydrogen) atoms. The zero-order chi connectivity index (χ0) is 15.9. The van der Waals surface area contributed by atoms with Crippen LogP contribution in [-0.2, 0) is 0 Å². The Bertz CT molecular complexity index is 327. The summed E-state index contributed by atoms with van der Waals surface area (Å²) < 4.78 is 0. The van der Waals surface area contributed by atoms with Crippen molar-refractivity contribution >= 4 is 0 Å². The predicted molar refractivity (Wildman–Crippen MR) is 101 cm³/mol. The largest absolute Gasteiger partial charge is 0.0654 e. The van der Waals surface area contributed by atoms with Crippen LogP contribution in [0.1, 0.15) is 109 Å². The summed E-state index contributed by atoms with van der Waals surface area (Å²) in [6, 6.07) is 11.0. The molecule has 0 bridgehead atoms. The fourth-order valence-corrected chi connectivity index (χ4v) is 3.24. The average Bonchev–Trinajstić information content (AvgIpc) is 2.56. The summed E-state index contributed by atoms with van der Waals surface area (Å²) >= 11 is 0. The summed E-state index contributed by atoms with van der Waals surface area (Å²) in [5, 5.41) is 0. The highest BCUT2D eigenvalue weighted by molar-refractivity contribution is 5.18. The molecular formula is C22H38. The van der Waals surface area contributed by atoms with Gasteiger partial charge in [0, 0.05) is 0 Å². The lowest BCUT2D eigenvalue weighted by molar-refractivity contribution is 0.528. The van der Waals surface area contributed by atoms with Gasteiger partial charge in [-0.25, -0.2) is 0 Å². The second-order valence-electron chi connectivity index (χ2n) is 6.99. The molecule has 1 aromatic carbocycles. The Morgan fingerprint density at radius 1 is 0.636 bits per heavy atom. The Balaban J connectivity index is 1.84. The number of benzene rings is 1. The van der Waals surface area contributed by atoms with Gasteiger partial charge in [-0.15, -0.1) is 0 Å². The van der Waals surface area contributed by atoms with Gasteiger partial charge >= 0.3 is 0 Å². The Morgan fingerprint density at radius 3 is 1.59 bits per heavy atom. The van der Waals surface area contributed by atoms with E-state index in [1.54, 1.807) is 0 Å². The lowest BCUT2D eigenvalue weighted by atomic mass is 9.95. The highest BCUT2D eigenvalue weighted by atomic mass is 14.1. The average molecular weight is 303 g/mol. The summed E-state index contributed by atoms with van der Waals surface area (Å²) in [4.78, 5) is 0. The van der Waals surface area contributed by atoms with E-state index < -0.39 is 0 Å². The van der Waals surface area contributed by atoms with E-state index in [2.05, 4.69) is 44.2 Å². The molecule has 126 valence electrons. The summed E-state index contributed by atoms with van der Waals surface area (Å²) in [6.45, 7) is 4.66. The molecule has 1 rings (SSSR count). The lowest BCUT2D eigenvalue weighted by Crippen LogP contribution is -1.93. The summed E-state index contributed by atoms with van der Waals surface area (Å²) in [6.07, 6.45) is 18.6. The summed E-state index contributed by atoms with van der Waals surface area (Å²) in [5.74, 6) is 0.726. The molecule has 0 radical (unpaired) electrons. The number of unbranched alkanes of at least 4 members (excludes halogenated alkanes) is 11. The first-order valence-electron chi connectivity index (χ1n) is 9.89. The van der Waals surface area contributed by atoms with Gasteiger partial charge in [0.2, 0.25) is 0 Å². The van der Waals surface area contributed by atoms with Gasteiger partial charge in [-0.1, -0.05) is 121 Å². The van der Waals surface area contributed by atoms with E-state index in [9.17, 15) is 0 Å². The minimum Gasteiger partial charge on any atom is -0.0654 e. The molecule has 0 heterocycles. The molecule has 1 aromatic rings. The molecule has 0 nitrogen and oxygen atoms in total. The van der Waals surface area contributed by atoms with Crippen LogP contribution in [-0.4, -0.2) is 0 Å². The highest BCUT2D eigenvalue weighted by Gasteiger charge is 2.03. The molecule has 0 aliphatic heterocycles. The van der Waals surface area contributed by atoms with E-state index in [1.807, 2.05) is 0 Å². The van der Waals surface area contributed by atoms with Crippen LogP contribution in [0.2, 0.25) is 0 Å². The summed E-state index contributed by atoms with van der Waals surface area (Å²) in [5.41, 5.74) is 1.51. The Morgan fingerprint density at radius 2 is 1.09 bits per heavy atom. The molecule has 0 aliphatic carbocycles. The predicted octanol–water partition coefficient (Wildman–Crippen LogP) is 7.88. The van der Waals surface area contributed by atoms with Crippen molar-refractivity contribution in [2.24, 2.45) is 0 Å². The molecule has 0 amide bonds. The molecule has 0 fully saturated rings. The minimum absolute atomic E-state index is 0.726. The van der Waals surface area contributed by atoms with Crippen LogP contribution in [0.25, 0.3) is 0 Å². The van der Waals surface area contributed by atoms with E-state index in [0.29, 0.717) is 0 Å². The van der Waals surface area contributed by atoms with Gasteiger partial charge in [-0.05, 0) is 17.9 Å². The standard InChI is InChI=1S/C22H38/c1-3-4-5-6-7-8-9-10-11-12-13-15-18-21(2)22-19-16-14-17-20-22/h14,16-17,19-21H,3-13,15,18H2,1-2H3. The van der Waals surface area contributed by atoms with Crippen LogP contribution in [0.3, 0.4) is 0 Å². The van der Waals surface area contributed by atoms with Gasteiger partial charge in [-0.2, -0.15) is 0 Å². The van der Waals surface area contributed by atoms with Gasteiger partial charge in [-0.3, -0.25) is 0 Å². The highest BCUT2D eigenvalue weighted by Crippen LogP contribution is 2.22. The maximum atomic E-state index is 2.37. The monoisotopic (exact) mass is 302 g/mol. The topological polar surface area (TPSA) is 0 Å². The van der Waals surface area contributed by atoms with Gasteiger partial charge in [0.1, 0.15) is 0 Å². The third kappa shape index (κ3) is 10.0. The van der Waals surface area contributed by atoms with Crippen LogP contribution >= 0.6 is 0 Å². The van der Waals surface area contributed by atoms with E-state index in [4.69, 9.17) is 0 Å². The SMILES string of the molecule is CCCCCCCCCCCCCCC(C)c1ccccc1. The van der Waals surface area contributed by atoms with Crippen molar-refractivity contribution in [1.29, 1.82) is 0 Å².